The van der Waals surface area contributed by atoms with Crippen molar-refractivity contribution in [3.8, 4) is 5.88 Å². The van der Waals surface area contributed by atoms with Gasteiger partial charge >= 0.3 is 0 Å². The maximum Gasteiger partial charge on any atom is 0.213 e. The van der Waals surface area contributed by atoms with Gasteiger partial charge in [-0.2, -0.15) is 0 Å². The molecule has 0 atom stereocenters. The lowest BCUT2D eigenvalue weighted by Crippen LogP contribution is -2.15. The van der Waals surface area contributed by atoms with Crippen LogP contribution in [0.2, 0.25) is 0 Å². The van der Waals surface area contributed by atoms with E-state index in [1.54, 1.807) is 0 Å². The Bertz CT molecular complexity index is 371. The Morgan fingerprint density at radius 3 is 2.50 bits per heavy atom. The van der Waals surface area contributed by atoms with Gasteiger partial charge in [-0.15, -0.1) is 11.6 Å². The first kappa shape index (κ1) is 15.3. The van der Waals surface area contributed by atoms with Gasteiger partial charge in [0.15, 0.2) is 0 Å². The summed E-state index contributed by atoms with van der Waals surface area (Å²) in [5.41, 5.74) is 2.12. The van der Waals surface area contributed by atoms with E-state index >= 15 is 0 Å². The largest absolute Gasteiger partial charge is 0.478 e. The Hall–Kier alpha value is -0.760. The van der Waals surface area contributed by atoms with E-state index in [4.69, 9.17) is 16.3 Å². The molecule has 1 heterocycles. The number of rotatable bonds is 6. The second-order valence-electron chi connectivity index (χ2n) is 5.64. The van der Waals surface area contributed by atoms with Gasteiger partial charge in [0.05, 0.1) is 12.3 Å². The second-order valence-corrected chi connectivity index (χ2v) is 5.91. The van der Waals surface area contributed by atoms with Crippen molar-refractivity contribution in [2.75, 3.05) is 6.61 Å². The average molecular weight is 270 g/mol. The molecule has 3 heteroatoms. The van der Waals surface area contributed by atoms with Crippen LogP contribution in [-0.2, 0) is 11.3 Å². The fourth-order valence-corrected chi connectivity index (χ4v) is 1.78. The first-order valence-corrected chi connectivity index (χ1v) is 7.21. The van der Waals surface area contributed by atoms with E-state index in [0.29, 0.717) is 11.8 Å². The number of alkyl halides is 1. The third kappa shape index (κ3) is 4.85. The first-order chi connectivity index (χ1) is 8.47. The molecule has 0 bridgehead atoms. The minimum atomic E-state index is 0.0175. The number of nitrogens with zero attached hydrogens (tertiary/aromatic N) is 1. The first-order valence-electron chi connectivity index (χ1n) is 6.67. The number of ether oxygens (including phenoxy) is 1. The van der Waals surface area contributed by atoms with Gasteiger partial charge in [-0.3, -0.25) is 0 Å². The highest BCUT2D eigenvalue weighted by Gasteiger charge is 2.17. The maximum atomic E-state index is 5.92. The molecule has 0 aromatic carbocycles. The van der Waals surface area contributed by atoms with Crippen LogP contribution in [0.15, 0.2) is 12.1 Å². The van der Waals surface area contributed by atoms with Crippen molar-refractivity contribution in [2.45, 2.75) is 58.3 Å². The summed E-state index contributed by atoms with van der Waals surface area (Å²) in [5, 5.41) is 0. The predicted molar refractivity (Wildman–Crippen MR) is 77.5 cm³/mol. The van der Waals surface area contributed by atoms with Crippen molar-refractivity contribution in [3.05, 3.63) is 23.4 Å². The summed E-state index contributed by atoms with van der Waals surface area (Å²) in [4.78, 5) is 4.57. The molecule has 0 fully saturated rings. The number of hydrogen-bond donors (Lipinski definition) is 0. The van der Waals surface area contributed by atoms with Gasteiger partial charge in [-0.05, 0) is 18.1 Å². The van der Waals surface area contributed by atoms with Crippen LogP contribution in [0.5, 0.6) is 5.88 Å². The average Bonchev–Trinajstić information content (AvgIpc) is 2.33. The van der Waals surface area contributed by atoms with Crippen molar-refractivity contribution in [1.82, 2.24) is 4.98 Å². The molecule has 0 aliphatic heterocycles. The van der Waals surface area contributed by atoms with Crippen molar-refractivity contribution in [1.29, 1.82) is 0 Å². The normalized spacial score (nSPS) is 11.6. The van der Waals surface area contributed by atoms with E-state index in [9.17, 15) is 0 Å². The van der Waals surface area contributed by atoms with E-state index < -0.39 is 0 Å². The predicted octanol–water partition coefficient (Wildman–Crippen LogP) is 4.69. The van der Waals surface area contributed by atoms with Crippen molar-refractivity contribution >= 4 is 11.6 Å². The van der Waals surface area contributed by atoms with E-state index in [0.717, 1.165) is 24.3 Å². The molecule has 1 aromatic heterocycles. The molecule has 0 unspecified atom stereocenters. The summed E-state index contributed by atoms with van der Waals surface area (Å²) in [6.07, 6.45) is 3.47. The zero-order chi connectivity index (χ0) is 13.6. The summed E-state index contributed by atoms with van der Waals surface area (Å²) in [6.45, 7) is 9.36. The molecule has 1 rings (SSSR count). The third-order valence-corrected chi connectivity index (χ3v) is 3.09. The Morgan fingerprint density at radius 2 is 1.94 bits per heavy atom. The number of pyridine rings is 1. The summed E-state index contributed by atoms with van der Waals surface area (Å²) in [5.74, 6) is 1.20. The van der Waals surface area contributed by atoms with Crippen LogP contribution < -0.4 is 4.74 Å². The highest BCUT2D eigenvalue weighted by molar-refractivity contribution is 6.17. The van der Waals surface area contributed by atoms with Crippen LogP contribution in [0.1, 0.15) is 58.2 Å². The second kappa shape index (κ2) is 6.98. The lowest BCUT2D eigenvalue weighted by Gasteiger charge is -2.19. The molecule has 18 heavy (non-hydrogen) atoms. The highest BCUT2D eigenvalue weighted by atomic mass is 35.5. The van der Waals surface area contributed by atoms with Crippen LogP contribution in [0, 0.1) is 0 Å². The Kier molecular flexibility index (Phi) is 5.94. The fourth-order valence-electron chi connectivity index (χ4n) is 1.62. The van der Waals surface area contributed by atoms with Crippen molar-refractivity contribution < 1.29 is 4.74 Å². The molecule has 0 saturated carbocycles. The van der Waals surface area contributed by atoms with Crippen LogP contribution in [0.25, 0.3) is 0 Å². The van der Waals surface area contributed by atoms with Crippen LogP contribution >= 0.6 is 11.6 Å². The lowest BCUT2D eigenvalue weighted by atomic mass is 9.91. The van der Waals surface area contributed by atoms with E-state index in [1.807, 2.05) is 6.07 Å². The zero-order valence-corrected chi connectivity index (χ0v) is 12.7. The van der Waals surface area contributed by atoms with Crippen LogP contribution in [0.3, 0.4) is 0 Å². The fraction of sp³-hybridized carbons (Fsp3) is 0.667. The topological polar surface area (TPSA) is 22.1 Å². The summed E-state index contributed by atoms with van der Waals surface area (Å²) >= 11 is 5.92. The summed E-state index contributed by atoms with van der Waals surface area (Å²) in [7, 11) is 0. The van der Waals surface area contributed by atoms with E-state index in [1.165, 1.54) is 12.8 Å². The molecule has 0 spiro atoms. The van der Waals surface area contributed by atoms with Crippen molar-refractivity contribution in [2.24, 2.45) is 0 Å². The molecule has 2 nitrogen and oxygen atoms in total. The number of unbranched alkanes of at least 4 members (excludes halogenated alkanes) is 2. The van der Waals surface area contributed by atoms with Crippen molar-refractivity contribution in [3.63, 3.8) is 0 Å². The molecule has 0 radical (unpaired) electrons. The monoisotopic (exact) mass is 269 g/mol. The van der Waals surface area contributed by atoms with Gasteiger partial charge in [0.1, 0.15) is 0 Å². The molecule has 102 valence electrons. The Balaban J connectivity index is 2.78. The van der Waals surface area contributed by atoms with E-state index in [-0.39, 0.29) is 5.41 Å². The van der Waals surface area contributed by atoms with Gasteiger partial charge in [-0.1, -0.05) is 40.5 Å². The number of halogens is 1. The molecule has 0 aliphatic rings. The summed E-state index contributed by atoms with van der Waals surface area (Å²) in [6, 6.07) is 4.00. The minimum Gasteiger partial charge on any atom is -0.478 e. The standard InChI is InChI=1S/C15H24ClNO/c1-5-6-7-8-18-14-10-12(11-16)9-13(17-14)15(2,3)4/h9-10H,5-8,11H2,1-4H3. The lowest BCUT2D eigenvalue weighted by molar-refractivity contribution is 0.292. The quantitative estimate of drug-likeness (QED) is 0.552. The highest BCUT2D eigenvalue weighted by Crippen LogP contribution is 2.25. The Labute approximate surface area is 116 Å². The molecule has 1 aromatic rings. The molecular formula is C15H24ClNO. The van der Waals surface area contributed by atoms with Gasteiger partial charge in [0, 0.05) is 17.4 Å². The zero-order valence-electron chi connectivity index (χ0n) is 11.9. The van der Waals surface area contributed by atoms with Gasteiger partial charge in [0.2, 0.25) is 5.88 Å². The van der Waals surface area contributed by atoms with E-state index in [2.05, 4.69) is 38.7 Å². The molecular weight excluding hydrogens is 246 g/mol. The number of aromatic nitrogens is 1. The van der Waals surface area contributed by atoms with Crippen LogP contribution in [-0.4, -0.2) is 11.6 Å². The maximum absolute atomic E-state index is 5.92. The molecule has 0 amide bonds. The third-order valence-electron chi connectivity index (χ3n) is 2.78. The van der Waals surface area contributed by atoms with Crippen LogP contribution in [0.4, 0.5) is 0 Å². The van der Waals surface area contributed by atoms with Gasteiger partial charge < -0.3 is 4.74 Å². The van der Waals surface area contributed by atoms with Gasteiger partial charge in [-0.25, -0.2) is 4.98 Å². The molecule has 0 saturated heterocycles. The number of hydrogen-bond acceptors (Lipinski definition) is 2. The Morgan fingerprint density at radius 1 is 1.22 bits per heavy atom. The summed E-state index contributed by atoms with van der Waals surface area (Å²) < 4.78 is 5.72. The van der Waals surface area contributed by atoms with Gasteiger partial charge in [0.25, 0.3) is 0 Å². The molecule has 0 N–H and O–H groups in total. The SMILES string of the molecule is CCCCCOc1cc(CCl)cc(C(C)(C)C)n1. The smallest absolute Gasteiger partial charge is 0.213 e. The molecule has 0 aliphatic carbocycles. The minimum absolute atomic E-state index is 0.0175.